The van der Waals surface area contributed by atoms with E-state index in [2.05, 4.69) is 0 Å². The molecular formula is C10H14F3NO3. The fourth-order valence-electron chi connectivity index (χ4n) is 2.06. The van der Waals surface area contributed by atoms with Gasteiger partial charge in [0.1, 0.15) is 0 Å². The van der Waals surface area contributed by atoms with Crippen molar-refractivity contribution in [2.24, 2.45) is 11.3 Å². The van der Waals surface area contributed by atoms with Crippen LogP contribution in [0.15, 0.2) is 0 Å². The Morgan fingerprint density at radius 1 is 1.41 bits per heavy atom. The van der Waals surface area contributed by atoms with Crippen molar-refractivity contribution >= 4 is 11.9 Å². The van der Waals surface area contributed by atoms with Crippen molar-refractivity contribution < 1.29 is 27.9 Å². The van der Waals surface area contributed by atoms with Crippen molar-refractivity contribution in [2.75, 3.05) is 0 Å². The summed E-state index contributed by atoms with van der Waals surface area (Å²) in [5, 5.41) is 10.5. The summed E-state index contributed by atoms with van der Waals surface area (Å²) >= 11 is 0. The third kappa shape index (κ3) is 2.89. The number of carbonyl (C=O) groups is 2. The van der Waals surface area contributed by atoms with Crippen LogP contribution in [-0.4, -0.2) is 29.2 Å². The molecule has 2 atom stereocenters. The van der Waals surface area contributed by atoms with Crippen molar-refractivity contribution in [1.82, 2.24) is 5.32 Å². The van der Waals surface area contributed by atoms with Crippen LogP contribution in [0, 0.1) is 11.3 Å². The van der Waals surface area contributed by atoms with E-state index in [0.717, 1.165) is 0 Å². The average molecular weight is 253 g/mol. The predicted molar refractivity (Wildman–Crippen MR) is 52.1 cm³/mol. The highest BCUT2D eigenvalue weighted by Crippen LogP contribution is 2.48. The van der Waals surface area contributed by atoms with Gasteiger partial charge >= 0.3 is 18.1 Å². The second-order valence-electron chi connectivity index (χ2n) is 4.88. The molecule has 0 spiro atoms. The molecule has 0 aliphatic heterocycles. The molecule has 0 bridgehead atoms. The topological polar surface area (TPSA) is 66.4 Å². The summed E-state index contributed by atoms with van der Waals surface area (Å²) < 4.78 is 36.1. The first-order valence-electron chi connectivity index (χ1n) is 5.14. The molecule has 1 aliphatic carbocycles. The Labute approximate surface area is 96.2 Å². The van der Waals surface area contributed by atoms with Gasteiger partial charge in [0.05, 0.1) is 0 Å². The standard InChI is InChI=1S/C10H14F3NO3/c1-9(2)5(4-7(15)16)3-6(9)14-8(17)10(11,12)13/h5-6H,3-4H2,1-2H3,(H,14,17)(H,15,16). The quantitative estimate of drug-likeness (QED) is 0.802. The summed E-state index contributed by atoms with van der Waals surface area (Å²) in [4.78, 5) is 21.2. The van der Waals surface area contributed by atoms with Gasteiger partial charge in [-0.05, 0) is 17.8 Å². The molecule has 0 aromatic rings. The van der Waals surface area contributed by atoms with Crippen molar-refractivity contribution in [3.8, 4) is 0 Å². The Morgan fingerprint density at radius 3 is 2.29 bits per heavy atom. The van der Waals surface area contributed by atoms with E-state index in [4.69, 9.17) is 5.11 Å². The maximum atomic E-state index is 12.0. The zero-order valence-corrected chi connectivity index (χ0v) is 9.47. The molecule has 0 heterocycles. The molecule has 1 rings (SSSR count). The Bertz CT molecular complexity index is 338. The molecule has 0 aromatic heterocycles. The number of aliphatic carboxylic acids is 1. The van der Waals surface area contributed by atoms with Crippen LogP contribution in [-0.2, 0) is 9.59 Å². The highest BCUT2D eigenvalue weighted by Gasteiger charge is 2.51. The van der Waals surface area contributed by atoms with Crippen molar-refractivity contribution in [2.45, 2.75) is 38.9 Å². The normalized spacial score (nSPS) is 27.1. The van der Waals surface area contributed by atoms with E-state index in [9.17, 15) is 22.8 Å². The maximum absolute atomic E-state index is 12.0. The van der Waals surface area contributed by atoms with Crippen LogP contribution < -0.4 is 5.32 Å². The number of carbonyl (C=O) groups excluding carboxylic acids is 1. The Kier molecular flexibility index (Phi) is 3.40. The van der Waals surface area contributed by atoms with Gasteiger partial charge in [0.25, 0.3) is 0 Å². The lowest BCUT2D eigenvalue weighted by Gasteiger charge is -2.52. The number of nitrogens with one attached hydrogen (secondary N) is 1. The van der Waals surface area contributed by atoms with Crippen molar-refractivity contribution in [3.63, 3.8) is 0 Å². The molecule has 0 aromatic carbocycles. The Morgan fingerprint density at radius 2 is 1.94 bits per heavy atom. The van der Waals surface area contributed by atoms with Crippen LogP contribution in [0.2, 0.25) is 0 Å². The molecule has 7 heteroatoms. The molecule has 1 aliphatic rings. The number of carboxylic acids is 1. The SMILES string of the molecule is CC1(C)C(CC(=O)O)CC1NC(=O)C(F)(F)F. The number of halogens is 3. The number of hydrogen-bond acceptors (Lipinski definition) is 2. The molecular weight excluding hydrogens is 239 g/mol. The first-order valence-corrected chi connectivity index (χ1v) is 5.14. The van der Waals surface area contributed by atoms with Crippen molar-refractivity contribution in [3.05, 3.63) is 0 Å². The third-order valence-corrected chi connectivity index (χ3v) is 3.45. The highest BCUT2D eigenvalue weighted by atomic mass is 19.4. The Hall–Kier alpha value is -1.27. The van der Waals surface area contributed by atoms with Crippen molar-refractivity contribution in [1.29, 1.82) is 0 Å². The fourth-order valence-corrected chi connectivity index (χ4v) is 2.06. The van der Waals surface area contributed by atoms with E-state index in [-0.39, 0.29) is 18.8 Å². The lowest BCUT2D eigenvalue weighted by Crippen LogP contribution is -2.60. The molecule has 0 radical (unpaired) electrons. The smallest absolute Gasteiger partial charge is 0.471 e. The molecule has 2 N–H and O–H groups in total. The molecule has 0 saturated heterocycles. The number of carboxylic acid groups (broad SMARTS) is 1. The fraction of sp³-hybridized carbons (Fsp3) is 0.800. The number of amides is 1. The molecule has 17 heavy (non-hydrogen) atoms. The molecule has 2 unspecified atom stereocenters. The summed E-state index contributed by atoms with van der Waals surface area (Å²) in [7, 11) is 0. The average Bonchev–Trinajstić information content (AvgIpc) is 2.13. The van der Waals surface area contributed by atoms with Gasteiger partial charge in [0.2, 0.25) is 0 Å². The number of hydrogen-bond donors (Lipinski definition) is 2. The highest BCUT2D eigenvalue weighted by molar-refractivity contribution is 5.82. The Balaban J connectivity index is 2.56. The number of rotatable bonds is 3. The van der Waals surface area contributed by atoms with Crippen LogP contribution in [0.25, 0.3) is 0 Å². The summed E-state index contributed by atoms with van der Waals surface area (Å²) in [6, 6.07) is -0.624. The van der Waals surface area contributed by atoms with Gasteiger partial charge in [-0.3, -0.25) is 9.59 Å². The summed E-state index contributed by atoms with van der Waals surface area (Å²) in [6.45, 7) is 3.32. The van der Waals surface area contributed by atoms with Crippen LogP contribution >= 0.6 is 0 Å². The van der Waals surface area contributed by atoms with Gasteiger partial charge < -0.3 is 10.4 Å². The lowest BCUT2D eigenvalue weighted by molar-refractivity contribution is -0.177. The summed E-state index contributed by atoms with van der Waals surface area (Å²) in [6.07, 6.45) is -4.72. The van der Waals surface area contributed by atoms with Crippen LogP contribution in [0.3, 0.4) is 0 Å². The summed E-state index contributed by atoms with van der Waals surface area (Å²) in [5.41, 5.74) is -0.626. The minimum Gasteiger partial charge on any atom is -0.481 e. The first kappa shape index (κ1) is 13.8. The zero-order chi connectivity index (χ0) is 13.4. The molecule has 98 valence electrons. The van der Waals surface area contributed by atoms with Gasteiger partial charge in [0.15, 0.2) is 0 Å². The number of alkyl halides is 3. The molecule has 1 saturated carbocycles. The predicted octanol–water partition coefficient (Wildman–Crippen LogP) is 1.55. The van der Waals surface area contributed by atoms with Gasteiger partial charge in [-0.15, -0.1) is 0 Å². The van der Waals surface area contributed by atoms with E-state index in [0.29, 0.717) is 0 Å². The van der Waals surface area contributed by atoms with Crippen LogP contribution in [0.5, 0.6) is 0 Å². The maximum Gasteiger partial charge on any atom is 0.471 e. The lowest BCUT2D eigenvalue weighted by atomic mass is 9.57. The minimum atomic E-state index is -4.89. The van der Waals surface area contributed by atoms with Gasteiger partial charge in [0, 0.05) is 12.5 Å². The minimum absolute atomic E-state index is 0.0919. The molecule has 4 nitrogen and oxygen atoms in total. The summed E-state index contributed by atoms with van der Waals surface area (Å²) in [5.74, 6) is -3.16. The first-order chi connectivity index (χ1) is 7.55. The van der Waals surface area contributed by atoms with Crippen LogP contribution in [0.1, 0.15) is 26.7 Å². The molecule has 1 amide bonds. The van der Waals surface area contributed by atoms with E-state index >= 15 is 0 Å². The zero-order valence-electron chi connectivity index (χ0n) is 9.47. The van der Waals surface area contributed by atoms with Gasteiger partial charge in [-0.2, -0.15) is 13.2 Å². The van der Waals surface area contributed by atoms with E-state index in [1.807, 2.05) is 5.32 Å². The van der Waals surface area contributed by atoms with Gasteiger partial charge in [-0.25, -0.2) is 0 Å². The van der Waals surface area contributed by atoms with E-state index in [1.165, 1.54) is 0 Å². The molecule has 1 fully saturated rings. The largest absolute Gasteiger partial charge is 0.481 e. The second kappa shape index (κ2) is 4.19. The second-order valence-corrected chi connectivity index (χ2v) is 4.88. The van der Waals surface area contributed by atoms with E-state index in [1.54, 1.807) is 13.8 Å². The monoisotopic (exact) mass is 253 g/mol. The third-order valence-electron chi connectivity index (χ3n) is 3.45. The van der Waals surface area contributed by atoms with Crippen LogP contribution in [0.4, 0.5) is 13.2 Å². The van der Waals surface area contributed by atoms with E-state index < -0.39 is 29.5 Å². The van der Waals surface area contributed by atoms with Gasteiger partial charge in [-0.1, -0.05) is 13.8 Å².